The number of halogens is 4. The van der Waals surface area contributed by atoms with Crippen LogP contribution in [0.4, 0.5) is 18.9 Å². The van der Waals surface area contributed by atoms with Gasteiger partial charge >= 0.3 is 6.18 Å². The Bertz CT molecular complexity index is 1570. The molecule has 0 unspecified atom stereocenters. The third-order valence-electron chi connectivity index (χ3n) is 5.97. The number of nitrogens with one attached hydrogen (secondary N) is 1. The highest BCUT2D eigenvalue weighted by molar-refractivity contribution is 7.92. The summed E-state index contributed by atoms with van der Waals surface area (Å²) >= 11 is 6.01. The van der Waals surface area contributed by atoms with Gasteiger partial charge in [0.15, 0.2) is 0 Å². The minimum absolute atomic E-state index is 0.0428. The Morgan fingerprint density at radius 3 is 2.21 bits per heavy atom. The van der Waals surface area contributed by atoms with Crippen LogP contribution in [0.5, 0.6) is 0 Å². The quantitative estimate of drug-likeness (QED) is 0.247. The molecule has 202 valence electrons. The Labute approximate surface area is 229 Å². The lowest BCUT2D eigenvalue weighted by molar-refractivity contribution is -0.137. The molecule has 1 N–H and O–H groups in total. The summed E-state index contributed by atoms with van der Waals surface area (Å²) < 4.78 is 68.1. The first-order chi connectivity index (χ1) is 18.4. The van der Waals surface area contributed by atoms with Gasteiger partial charge in [0.2, 0.25) is 0 Å². The normalized spacial score (nSPS) is 11.7. The number of para-hydroxylation sites is 1. The Morgan fingerprint density at radius 2 is 1.54 bits per heavy atom. The fourth-order valence-corrected chi connectivity index (χ4v) is 5.51. The molecule has 0 aliphatic rings. The number of nitrogens with zero attached hydrogens (tertiary/aromatic N) is 1. The maximum atomic E-state index is 13.9. The molecular formula is C29H24ClF3N2O3S. The molecule has 0 saturated heterocycles. The van der Waals surface area contributed by atoms with Crippen molar-refractivity contribution in [1.29, 1.82) is 0 Å². The van der Waals surface area contributed by atoms with Crippen molar-refractivity contribution in [2.45, 2.75) is 31.1 Å². The van der Waals surface area contributed by atoms with E-state index in [1.165, 1.54) is 36.4 Å². The molecule has 0 aromatic heterocycles. The molecule has 39 heavy (non-hydrogen) atoms. The van der Waals surface area contributed by atoms with Crippen LogP contribution in [0, 0.1) is 6.92 Å². The number of sulfonamides is 1. The summed E-state index contributed by atoms with van der Waals surface area (Å²) in [7, 11) is -4.13. The van der Waals surface area contributed by atoms with Gasteiger partial charge in [0, 0.05) is 11.6 Å². The van der Waals surface area contributed by atoms with Gasteiger partial charge in [0.25, 0.3) is 15.9 Å². The summed E-state index contributed by atoms with van der Waals surface area (Å²) in [6, 6.07) is 23.8. The Morgan fingerprint density at radius 1 is 0.872 bits per heavy atom. The highest BCUT2D eigenvalue weighted by Gasteiger charge is 2.31. The zero-order chi connectivity index (χ0) is 28.2. The lowest BCUT2D eigenvalue weighted by Crippen LogP contribution is -2.33. The third kappa shape index (κ3) is 6.79. The number of carbonyl (C=O) groups excluding carboxylic acids is 1. The molecule has 0 heterocycles. The molecular weight excluding hydrogens is 549 g/mol. The Balaban J connectivity index is 1.69. The number of carbonyl (C=O) groups is 1. The van der Waals surface area contributed by atoms with Crippen molar-refractivity contribution >= 4 is 33.2 Å². The van der Waals surface area contributed by atoms with Crippen molar-refractivity contribution in [3.63, 3.8) is 0 Å². The van der Waals surface area contributed by atoms with Crippen molar-refractivity contribution in [2.24, 2.45) is 0 Å². The van der Waals surface area contributed by atoms with Crippen LogP contribution in [0.1, 0.15) is 32.6 Å². The van der Waals surface area contributed by atoms with E-state index in [1.807, 2.05) is 6.92 Å². The fraction of sp³-hybridized carbons (Fsp3) is 0.138. The second-order valence-corrected chi connectivity index (χ2v) is 11.1. The number of benzene rings is 4. The maximum Gasteiger partial charge on any atom is 0.416 e. The molecule has 10 heteroatoms. The summed E-state index contributed by atoms with van der Waals surface area (Å²) in [6.07, 6.45) is -4.51. The second kappa shape index (κ2) is 11.5. The molecule has 0 spiro atoms. The van der Waals surface area contributed by atoms with E-state index in [0.29, 0.717) is 10.6 Å². The van der Waals surface area contributed by atoms with Crippen LogP contribution in [0.2, 0.25) is 5.02 Å². The van der Waals surface area contributed by atoms with Crippen LogP contribution >= 0.6 is 11.6 Å². The van der Waals surface area contributed by atoms with E-state index in [0.717, 1.165) is 22.0 Å². The molecule has 0 bridgehead atoms. The number of rotatable bonds is 8. The van der Waals surface area contributed by atoms with Crippen molar-refractivity contribution in [2.75, 3.05) is 4.31 Å². The minimum atomic E-state index is -4.51. The van der Waals surface area contributed by atoms with E-state index < -0.39 is 27.7 Å². The van der Waals surface area contributed by atoms with Crippen LogP contribution < -0.4 is 9.62 Å². The lowest BCUT2D eigenvalue weighted by atomic mass is 10.1. The molecule has 0 radical (unpaired) electrons. The standard InChI is InChI=1S/C29H24ClF3N2O3S/c1-20-9-15-25(16-10-20)39(37,38)35(19-21-11-13-24(30)14-12-21)27-8-3-2-7-26(27)28(36)34-18-22-5-4-6-23(17-22)29(31,32)33/h2-17H,18-19H2,1H3,(H,34,36). The van der Waals surface area contributed by atoms with Gasteiger partial charge in [-0.05, 0) is 66.6 Å². The predicted octanol–water partition coefficient (Wildman–Crippen LogP) is 6.99. The average Bonchev–Trinajstić information content (AvgIpc) is 2.91. The van der Waals surface area contributed by atoms with Gasteiger partial charge in [-0.15, -0.1) is 0 Å². The van der Waals surface area contributed by atoms with Crippen molar-refractivity contribution in [3.05, 3.63) is 130 Å². The van der Waals surface area contributed by atoms with Crippen molar-refractivity contribution in [1.82, 2.24) is 5.32 Å². The zero-order valence-corrected chi connectivity index (χ0v) is 22.3. The summed E-state index contributed by atoms with van der Waals surface area (Å²) in [6.45, 7) is 1.57. The first-order valence-electron chi connectivity index (χ1n) is 11.8. The zero-order valence-electron chi connectivity index (χ0n) is 20.7. The molecule has 1 amide bonds. The molecule has 0 saturated carbocycles. The third-order valence-corrected chi connectivity index (χ3v) is 8.00. The van der Waals surface area contributed by atoms with Gasteiger partial charge in [0.05, 0.1) is 28.3 Å². The van der Waals surface area contributed by atoms with Gasteiger partial charge in [-0.2, -0.15) is 13.2 Å². The van der Waals surface area contributed by atoms with Gasteiger partial charge in [-0.1, -0.05) is 65.7 Å². The van der Waals surface area contributed by atoms with E-state index in [-0.39, 0.29) is 34.8 Å². The summed E-state index contributed by atoms with van der Waals surface area (Å²) in [5, 5.41) is 3.10. The largest absolute Gasteiger partial charge is 0.416 e. The Kier molecular flexibility index (Phi) is 8.32. The number of amides is 1. The number of anilines is 1. The fourth-order valence-electron chi connectivity index (χ4n) is 3.91. The van der Waals surface area contributed by atoms with Crippen LogP contribution in [0.25, 0.3) is 0 Å². The Hall–Kier alpha value is -3.82. The molecule has 0 atom stereocenters. The van der Waals surface area contributed by atoms with E-state index in [9.17, 15) is 26.4 Å². The first kappa shape index (κ1) is 28.2. The molecule has 0 fully saturated rings. The molecule has 0 aliphatic carbocycles. The summed E-state index contributed by atoms with van der Waals surface area (Å²) in [5.41, 5.74) is 1.11. The molecule has 0 aliphatic heterocycles. The topological polar surface area (TPSA) is 66.5 Å². The van der Waals surface area contributed by atoms with Crippen molar-refractivity contribution < 1.29 is 26.4 Å². The molecule has 4 aromatic carbocycles. The number of aryl methyl sites for hydroxylation is 1. The summed E-state index contributed by atoms with van der Waals surface area (Å²) in [5.74, 6) is -0.636. The van der Waals surface area contributed by atoms with E-state index in [1.54, 1.807) is 48.5 Å². The second-order valence-electron chi connectivity index (χ2n) is 8.85. The number of hydrogen-bond acceptors (Lipinski definition) is 3. The van der Waals surface area contributed by atoms with Crippen molar-refractivity contribution in [3.8, 4) is 0 Å². The number of alkyl halides is 3. The van der Waals surface area contributed by atoms with Gasteiger partial charge in [-0.3, -0.25) is 9.10 Å². The maximum absolute atomic E-state index is 13.9. The highest BCUT2D eigenvalue weighted by atomic mass is 35.5. The lowest BCUT2D eigenvalue weighted by Gasteiger charge is -2.27. The minimum Gasteiger partial charge on any atom is -0.348 e. The van der Waals surface area contributed by atoms with Crippen LogP contribution in [0.15, 0.2) is 102 Å². The SMILES string of the molecule is Cc1ccc(S(=O)(=O)N(Cc2ccc(Cl)cc2)c2ccccc2C(=O)NCc2cccc(C(F)(F)F)c2)cc1. The van der Waals surface area contributed by atoms with E-state index in [2.05, 4.69) is 5.32 Å². The van der Waals surface area contributed by atoms with E-state index in [4.69, 9.17) is 11.6 Å². The number of hydrogen-bond donors (Lipinski definition) is 1. The molecule has 5 nitrogen and oxygen atoms in total. The highest BCUT2D eigenvalue weighted by Crippen LogP contribution is 2.31. The smallest absolute Gasteiger partial charge is 0.348 e. The van der Waals surface area contributed by atoms with Gasteiger partial charge in [-0.25, -0.2) is 8.42 Å². The van der Waals surface area contributed by atoms with Crippen LogP contribution in [-0.4, -0.2) is 14.3 Å². The van der Waals surface area contributed by atoms with Crippen LogP contribution in [0.3, 0.4) is 0 Å². The van der Waals surface area contributed by atoms with Gasteiger partial charge < -0.3 is 5.32 Å². The van der Waals surface area contributed by atoms with Gasteiger partial charge in [0.1, 0.15) is 0 Å². The first-order valence-corrected chi connectivity index (χ1v) is 13.6. The van der Waals surface area contributed by atoms with Crippen LogP contribution in [-0.2, 0) is 29.3 Å². The summed E-state index contributed by atoms with van der Waals surface area (Å²) in [4.78, 5) is 13.3. The molecule has 4 aromatic rings. The van der Waals surface area contributed by atoms with E-state index >= 15 is 0 Å². The predicted molar refractivity (Wildman–Crippen MR) is 145 cm³/mol. The average molecular weight is 573 g/mol. The molecule has 4 rings (SSSR count). The monoisotopic (exact) mass is 572 g/mol.